The van der Waals surface area contributed by atoms with Crippen molar-refractivity contribution in [2.45, 2.75) is 53.1 Å². The minimum absolute atomic E-state index is 0.0682. The van der Waals surface area contributed by atoms with Crippen molar-refractivity contribution in [1.82, 2.24) is 0 Å². The molecule has 0 amide bonds. The Morgan fingerprint density at radius 2 is 1.84 bits per heavy atom. The maximum atomic E-state index is 12.0. The summed E-state index contributed by atoms with van der Waals surface area (Å²) < 4.78 is 5.41. The molecule has 1 unspecified atom stereocenters. The zero-order valence-corrected chi connectivity index (χ0v) is 12.2. The Labute approximate surface area is 116 Å². The lowest BCUT2D eigenvalue weighted by molar-refractivity contribution is -0.149. The molecule has 2 heteroatoms. The fourth-order valence-corrected chi connectivity index (χ4v) is 3.00. The molecule has 1 atom stereocenters. The molecule has 1 fully saturated rings. The zero-order chi connectivity index (χ0) is 13.9. The Kier molecular flexibility index (Phi) is 3.98. The highest BCUT2D eigenvalue weighted by Gasteiger charge is 2.46. The summed E-state index contributed by atoms with van der Waals surface area (Å²) in [4.78, 5) is 12.0. The predicted molar refractivity (Wildman–Crippen MR) is 76.6 cm³/mol. The lowest BCUT2D eigenvalue weighted by Gasteiger charge is -2.37. The maximum absolute atomic E-state index is 12.0. The van der Waals surface area contributed by atoms with Crippen LogP contribution in [0, 0.1) is 10.8 Å². The molecule has 1 saturated carbocycles. The third-order valence-corrected chi connectivity index (χ3v) is 4.94. The van der Waals surface area contributed by atoms with Crippen molar-refractivity contribution in [1.29, 1.82) is 0 Å². The van der Waals surface area contributed by atoms with E-state index in [-0.39, 0.29) is 16.8 Å². The molecule has 2 rings (SSSR count). The number of carbonyl (C=O) groups is 1. The van der Waals surface area contributed by atoms with Crippen molar-refractivity contribution in [3.63, 3.8) is 0 Å². The van der Waals surface area contributed by atoms with Gasteiger partial charge in [-0.1, -0.05) is 57.5 Å². The molecule has 104 valence electrons. The highest BCUT2D eigenvalue weighted by atomic mass is 16.5. The first-order valence-corrected chi connectivity index (χ1v) is 7.13. The third-order valence-electron chi connectivity index (χ3n) is 4.94. The van der Waals surface area contributed by atoms with Gasteiger partial charge in [-0.15, -0.1) is 0 Å². The van der Waals surface area contributed by atoms with E-state index in [0.29, 0.717) is 13.0 Å². The molecule has 2 nitrogen and oxygen atoms in total. The van der Waals surface area contributed by atoms with Gasteiger partial charge in [-0.3, -0.25) is 4.79 Å². The van der Waals surface area contributed by atoms with Gasteiger partial charge < -0.3 is 4.74 Å². The number of esters is 1. The van der Waals surface area contributed by atoms with E-state index < -0.39 is 0 Å². The summed E-state index contributed by atoms with van der Waals surface area (Å²) in [6.45, 7) is 7.15. The van der Waals surface area contributed by atoms with Gasteiger partial charge in [-0.25, -0.2) is 0 Å². The molecule has 0 radical (unpaired) electrons. The van der Waals surface area contributed by atoms with Crippen molar-refractivity contribution in [2.24, 2.45) is 10.8 Å². The van der Waals surface area contributed by atoms with Crippen molar-refractivity contribution in [2.75, 3.05) is 0 Å². The van der Waals surface area contributed by atoms with Crippen LogP contribution in [-0.2, 0) is 16.1 Å². The first kappa shape index (κ1) is 14.1. The van der Waals surface area contributed by atoms with E-state index in [1.54, 1.807) is 0 Å². The molecule has 0 N–H and O–H groups in total. The minimum atomic E-state index is -0.0682. The fraction of sp³-hybridized carbons (Fsp3) is 0.588. The van der Waals surface area contributed by atoms with Crippen molar-refractivity contribution >= 4 is 5.97 Å². The summed E-state index contributed by atoms with van der Waals surface area (Å²) in [6.07, 6.45) is 4.08. The molecule has 0 aliphatic heterocycles. The van der Waals surface area contributed by atoms with Crippen molar-refractivity contribution < 1.29 is 9.53 Å². The maximum Gasteiger partial charge on any atom is 0.306 e. The third kappa shape index (κ3) is 3.17. The average molecular weight is 260 g/mol. The first-order valence-electron chi connectivity index (χ1n) is 7.13. The average Bonchev–Trinajstić information content (AvgIpc) is 2.62. The fourth-order valence-electron chi connectivity index (χ4n) is 3.00. The predicted octanol–water partition coefficient (Wildman–Crippen LogP) is 4.34. The monoisotopic (exact) mass is 260 g/mol. The summed E-state index contributed by atoms with van der Waals surface area (Å²) in [6, 6.07) is 9.85. The van der Waals surface area contributed by atoms with Crippen LogP contribution in [0.5, 0.6) is 0 Å². The van der Waals surface area contributed by atoms with Crippen LogP contribution >= 0.6 is 0 Å². The topological polar surface area (TPSA) is 26.3 Å². The minimum Gasteiger partial charge on any atom is -0.461 e. The number of benzene rings is 1. The normalized spacial score (nSPS) is 25.2. The molecule has 0 heterocycles. The SMILES string of the molecule is CC1(C)CCCC1(C)CC(=O)OCc1ccccc1. The van der Waals surface area contributed by atoms with Gasteiger partial charge in [0, 0.05) is 0 Å². The lowest BCUT2D eigenvalue weighted by Crippen LogP contribution is -2.32. The summed E-state index contributed by atoms with van der Waals surface area (Å²) in [5, 5.41) is 0. The quantitative estimate of drug-likeness (QED) is 0.753. The van der Waals surface area contributed by atoms with E-state index in [9.17, 15) is 4.79 Å². The Bertz CT molecular complexity index is 436. The van der Waals surface area contributed by atoms with Crippen LogP contribution < -0.4 is 0 Å². The highest BCUT2D eigenvalue weighted by Crippen LogP contribution is 2.54. The van der Waals surface area contributed by atoms with Gasteiger partial charge >= 0.3 is 5.97 Å². The van der Waals surface area contributed by atoms with Gasteiger partial charge in [-0.2, -0.15) is 0 Å². The van der Waals surface area contributed by atoms with E-state index in [4.69, 9.17) is 4.74 Å². The number of hydrogen-bond donors (Lipinski definition) is 0. The largest absolute Gasteiger partial charge is 0.461 e. The number of rotatable bonds is 4. The van der Waals surface area contributed by atoms with E-state index in [2.05, 4.69) is 20.8 Å². The second-order valence-electron chi connectivity index (χ2n) is 6.62. The molecule has 0 saturated heterocycles. The molecule has 1 aliphatic carbocycles. The number of hydrogen-bond acceptors (Lipinski definition) is 2. The molecule has 1 aromatic rings. The van der Waals surface area contributed by atoms with E-state index in [1.165, 1.54) is 12.8 Å². The molecule has 1 aliphatic rings. The van der Waals surface area contributed by atoms with Crippen LogP contribution in [0.25, 0.3) is 0 Å². The Morgan fingerprint density at radius 1 is 1.16 bits per heavy atom. The molecule has 19 heavy (non-hydrogen) atoms. The van der Waals surface area contributed by atoms with E-state index in [0.717, 1.165) is 12.0 Å². The standard InChI is InChI=1S/C17H24O2/c1-16(2)10-7-11-17(16,3)12-15(18)19-13-14-8-5-4-6-9-14/h4-6,8-9H,7,10-13H2,1-3H3. The van der Waals surface area contributed by atoms with E-state index in [1.807, 2.05) is 30.3 Å². The lowest BCUT2D eigenvalue weighted by atomic mass is 9.67. The Morgan fingerprint density at radius 3 is 2.42 bits per heavy atom. The van der Waals surface area contributed by atoms with Gasteiger partial charge in [0.25, 0.3) is 0 Å². The molecule has 0 bridgehead atoms. The number of carbonyl (C=O) groups excluding carboxylic acids is 1. The van der Waals surface area contributed by atoms with Gasteiger partial charge in [0.2, 0.25) is 0 Å². The van der Waals surface area contributed by atoms with Gasteiger partial charge in [-0.05, 0) is 29.2 Å². The second-order valence-corrected chi connectivity index (χ2v) is 6.62. The molecular weight excluding hydrogens is 236 g/mol. The molecule has 0 spiro atoms. The summed E-state index contributed by atoms with van der Waals surface area (Å²) in [5.74, 6) is -0.0682. The van der Waals surface area contributed by atoms with Crippen LogP contribution in [0.15, 0.2) is 30.3 Å². The van der Waals surface area contributed by atoms with Crippen LogP contribution in [0.3, 0.4) is 0 Å². The summed E-state index contributed by atoms with van der Waals surface area (Å²) in [7, 11) is 0. The van der Waals surface area contributed by atoms with Gasteiger partial charge in [0.1, 0.15) is 6.61 Å². The molecule has 1 aromatic carbocycles. The molecular formula is C17H24O2. The molecule has 0 aromatic heterocycles. The summed E-state index contributed by atoms with van der Waals surface area (Å²) in [5.41, 5.74) is 1.37. The van der Waals surface area contributed by atoms with E-state index >= 15 is 0 Å². The van der Waals surface area contributed by atoms with Crippen molar-refractivity contribution in [3.8, 4) is 0 Å². The second kappa shape index (κ2) is 5.36. The van der Waals surface area contributed by atoms with Crippen LogP contribution in [0.1, 0.15) is 52.0 Å². The van der Waals surface area contributed by atoms with Gasteiger partial charge in [0.05, 0.1) is 6.42 Å². The van der Waals surface area contributed by atoms with Crippen LogP contribution in [0.2, 0.25) is 0 Å². The zero-order valence-electron chi connectivity index (χ0n) is 12.2. The Balaban J connectivity index is 1.88. The van der Waals surface area contributed by atoms with Crippen LogP contribution in [0.4, 0.5) is 0 Å². The summed E-state index contributed by atoms with van der Waals surface area (Å²) >= 11 is 0. The number of ether oxygens (including phenoxy) is 1. The smallest absolute Gasteiger partial charge is 0.306 e. The van der Waals surface area contributed by atoms with Crippen molar-refractivity contribution in [3.05, 3.63) is 35.9 Å². The van der Waals surface area contributed by atoms with Crippen LogP contribution in [-0.4, -0.2) is 5.97 Å². The highest BCUT2D eigenvalue weighted by molar-refractivity contribution is 5.70. The first-order chi connectivity index (χ1) is 8.93. The Hall–Kier alpha value is -1.31. The van der Waals surface area contributed by atoms with Gasteiger partial charge in [0.15, 0.2) is 0 Å².